The number of benzene rings is 8. The van der Waals surface area contributed by atoms with Crippen LogP contribution in [0.5, 0.6) is 0 Å². The van der Waals surface area contributed by atoms with Crippen LogP contribution in [0, 0.1) is 0 Å². The molecule has 0 saturated heterocycles. The van der Waals surface area contributed by atoms with Crippen molar-refractivity contribution in [2.24, 2.45) is 0 Å². The van der Waals surface area contributed by atoms with E-state index in [-0.39, 0.29) is 5.41 Å². The van der Waals surface area contributed by atoms with Gasteiger partial charge in [0.2, 0.25) is 0 Å². The number of aromatic nitrogens is 2. The normalized spacial score (nSPS) is 14.7. The minimum Gasteiger partial charge on any atom is -0.456 e. The van der Waals surface area contributed by atoms with Gasteiger partial charge in [-0.25, -0.2) is 9.97 Å². The molecule has 1 unspecified atom stereocenters. The molecule has 1 aliphatic rings. The highest BCUT2D eigenvalue weighted by Gasteiger charge is 2.41. The van der Waals surface area contributed by atoms with E-state index in [9.17, 15) is 0 Å². The quantitative estimate of drug-likeness (QED) is 0.179. The Labute approximate surface area is 319 Å². The molecule has 1 aliphatic carbocycles. The van der Waals surface area contributed by atoms with Gasteiger partial charge in [-0.15, -0.1) is 0 Å². The van der Waals surface area contributed by atoms with E-state index in [2.05, 4.69) is 183 Å². The molecule has 258 valence electrons. The van der Waals surface area contributed by atoms with Gasteiger partial charge in [-0.3, -0.25) is 0 Å². The minimum atomic E-state index is -0.306. The van der Waals surface area contributed by atoms with Gasteiger partial charge in [-0.2, -0.15) is 0 Å². The van der Waals surface area contributed by atoms with Gasteiger partial charge in [0.15, 0.2) is 5.82 Å². The first-order valence-corrected chi connectivity index (χ1v) is 18.8. The molecule has 0 saturated carbocycles. The van der Waals surface area contributed by atoms with E-state index in [1.807, 2.05) is 12.1 Å². The zero-order chi connectivity index (χ0) is 36.5. The first kappa shape index (κ1) is 31.4. The van der Waals surface area contributed by atoms with Crippen molar-refractivity contribution in [2.75, 3.05) is 0 Å². The fourth-order valence-electron chi connectivity index (χ4n) is 8.85. The molecule has 0 amide bonds. The molecule has 2 aromatic heterocycles. The van der Waals surface area contributed by atoms with Gasteiger partial charge >= 0.3 is 0 Å². The zero-order valence-electron chi connectivity index (χ0n) is 30.2. The molecule has 11 rings (SSSR count). The summed E-state index contributed by atoms with van der Waals surface area (Å²) in [6.07, 6.45) is 0. The van der Waals surface area contributed by atoms with Crippen molar-refractivity contribution >= 4 is 32.7 Å². The molecule has 0 N–H and O–H groups in total. The van der Waals surface area contributed by atoms with Crippen molar-refractivity contribution in [3.05, 3.63) is 205 Å². The molecule has 1 atom stereocenters. The van der Waals surface area contributed by atoms with Crippen LogP contribution in [-0.2, 0) is 5.41 Å². The lowest BCUT2D eigenvalue weighted by molar-refractivity contribution is 0.669. The van der Waals surface area contributed by atoms with E-state index in [0.717, 1.165) is 71.9 Å². The molecule has 55 heavy (non-hydrogen) atoms. The van der Waals surface area contributed by atoms with Crippen LogP contribution in [0.3, 0.4) is 0 Å². The summed E-state index contributed by atoms with van der Waals surface area (Å²) in [6.45, 7) is 2.36. The van der Waals surface area contributed by atoms with Crippen LogP contribution in [-0.4, -0.2) is 9.97 Å². The summed E-state index contributed by atoms with van der Waals surface area (Å²) in [7, 11) is 0. The van der Waals surface area contributed by atoms with Crippen LogP contribution < -0.4 is 0 Å². The van der Waals surface area contributed by atoms with Gasteiger partial charge < -0.3 is 4.42 Å². The third kappa shape index (κ3) is 4.90. The number of fused-ring (bicyclic) bond motifs is 7. The molecule has 0 spiro atoms. The maximum atomic E-state index is 6.11. The molecule has 0 aliphatic heterocycles. The van der Waals surface area contributed by atoms with Gasteiger partial charge in [-0.1, -0.05) is 164 Å². The van der Waals surface area contributed by atoms with E-state index < -0.39 is 0 Å². The van der Waals surface area contributed by atoms with Crippen molar-refractivity contribution < 1.29 is 4.42 Å². The highest BCUT2D eigenvalue weighted by molar-refractivity contribution is 6.06. The largest absolute Gasteiger partial charge is 0.456 e. The molecule has 10 aromatic rings. The molecule has 0 fully saturated rings. The maximum absolute atomic E-state index is 6.11. The maximum Gasteiger partial charge on any atom is 0.161 e. The van der Waals surface area contributed by atoms with Crippen LogP contribution >= 0.6 is 0 Å². The Morgan fingerprint density at radius 3 is 1.93 bits per heavy atom. The van der Waals surface area contributed by atoms with E-state index in [0.29, 0.717) is 5.82 Å². The third-order valence-electron chi connectivity index (χ3n) is 11.6. The van der Waals surface area contributed by atoms with Gasteiger partial charge in [-0.05, 0) is 80.9 Å². The SMILES string of the molecule is CC1(c2ccccc2)c2ccccc2-c2c(-c3cc(-c4ccc(-c5ccc6oc7ccccc7c6c5)cc4)nc(-c4cccc5ccccc45)n3)cccc21. The first-order valence-electron chi connectivity index (χ1n) is 18.8. The summed E-state index contributed by atoms with van der Waals surface area (Å²) >= 11 is 0. The van der Waals surface area contributed by atoms with Crippen molar-refractivity contribution in [2.45, 2.75) is 12.3 Å². The number of para-hydroxylation sites is 1. The molecule has 3 nitrogen and oxygen atoms in total. The summed E-state index contributed by atoms with van der Waals surface area (Å²) in [5.41, 5.74) is 15.1. The van der Waals surface area contributed by atoms with Crippen molar-refractivity contribution in [3.63, 3.8) is 0 Å². The van der Waals surface area contributed by atoms with Crippen molar-refractivity contribution in [3.8, 4) is 56.2 Å². The van der Waals surface area contributed by atoms with Crippen LogP contribution in [0.25, 0.3) is 88.9 Å². The standard InChI is InChI=1S/C52H34N2O/c1-52(37-15-3-2-4-16-37)44-22-9-7-19-41(44)50-42(21-12-23-45(50)52)47-32-46(53-51(54-47)40-20-11-14-34-13-5-6-17-38(34)40)35-27-25-33(26-28-35)36-29-30-49-43(31-36)39-18-8-10-24-48(39)55-49/h2-32H,1H3. The molecule has 0 radical (unpaired) electrons. The van der Waals surface area contributed by atoms with Crippen molar-refractivity contribution in [1.29, 1.82) is 0 Å². The summed E-state index contributed by atoms with van der Waals surface area (Å²) < 4.78 is 6.11. The Hall–Kier alpha value is -7.10. The van der Waals surface area contributed by atoms with Crippen molar-refractivity contribution in [1.82, 2.24) is 9.97 Å². The van der Waals surface area contributed by atoms with Gasteiger partial charge in [0.05, 0.1) is 11.4 Å². The summed E-state index contributed by atoms with van der Waals surface area (Å²) in [5.74, 6) is 0.709. The number of hydrogen-bond acceptors (Lipinski definition) is 3. The van der Waals surface area contributed by atoms with Gasteiger partial charge in [0, 0.05) is 32.9 Å². The smallest absolute Gasteiger partial charge is 0.161 e. The Morgan fingerprint density at radius 1 is 0.418 bits per heavy atom. The highest BCUT2D eigenvalue weighted by atomic mass is 16.3. The lowest BCUT2D eigenvalue weighted by Crippen LogP contribution is -2.22. The lowest BCUT2D eigenvalue weighted by atomic mass is 9.74. The van der Waals surface area contributed by atoms with Crippen LogP contribution in [0.4, 0.5) is 0 Å². The predicted molar refractivity (Wildman–Crippen MR) is 226 cm³/mol. The summed E-state index contributed by atoms with van der Waals surface area (Å²) in [5, 5.41) is 4.54. The number of nitrogens with zero attached hydrogens (tertiary/aromatic N) is 2. The van der Waals surface area contributed by atoms with E-state index in [4.69, 9.17) is 14.4 Å². The Balaban J connectivity index is 1.09. The summed E-state index contributed by atoms with van der Waals surface area (Å²) in [6, 6.07) is 66.9. The van der Waals surface area contributed by atoms with Crippen LogP contribution in [0.1, 0.15) is 23.6 Å². The van der Waals surface area contributed by atoms with E-state index in [1.54, 1.807) is 0 Å². The second-order valence-electron chi connectivity index (χ2n) is 14.6. The Bertz CT molecular complexity index is 3100. The monoisotopic (exact) mass is 702 g/mol. The van der Waals surface area contributed by atoms with E-state index >= 15 is 0 Å². The molecule has 3 heteroatoms. The molecule has 8 aromatic carbocycles. The number of hydrogen-bond donors (Lipinski definition) is 0. The lowest BCUT2D eigenvalue weighted by Gasteiger charge is -2.28. The molecule has 2 heterocycles. The van der Waals surface area contributed by atoms with Gasteiger partial charge in [0.1, 0.15) is 11.2 Å². The van der Waals surface area contributed by atoms with E-state index in [1.165, 1.54) is 27.8 Å². The predicted octanol–water partition coefficient (Wildman–Crippen LogP) is 13.5. The zero-order valence-corrected chi connectivity index (χ0v) is 30.2. The second kappa shape index (κ2) is 12.2. The fourth-order valence-corrected chi connectivity index (χ4v) is 8.85. The Morgan fingerprint density at radius 2 is 1.04 bits per heavy atom. The van der Waals surface area contributed by atoms with Gasteiger partial charge in [0.25, 0.3) is 0 Å². The molecular weight excluding hydrogens is 669 g/mol. The fraction of sp³-hybridized carbons (Fsp3) is 0.0385. The minimum absolute atomic E-state index is 0.306. The number of furan rings is 1. The average Bonchev–Trinajstić information content (AvgIpc) is 3.76. The third-order valence-corrected chi connectivity index (χ3v) is 11.6. The van der Waals surface area contributed by atoms with Crippen LogP contribution in [0.2, 0.25) is 0 Å². The first-order chi connectivity index (χ1) is 27.1. The second-order valence-corrected chi connectivity index (χ2v) is 14.6. The van der Waals surface area contributed by atoms with Crippen LogP contribution in [0.15, 0.2) is 192 Å². The highest BCUT2D eigenvalue weighted by Crippen LogP contribution is 2.55. The molecule has 0 bridgehead atoms. The number of rotatable bonds is 5. The topological polar surface area (TPSA) is 38.9 Å². The molecular formula is C52H34N2O. The summed E-state index contributed by atoms with van der Waals surface area (Å²) in [4.78, 5) is 10.7. The Kier molecular flexibility index (Phi) is 6.99. The average molecular weight is 703 g/mol.